The fraction of sp³-hybridized carbons (Fsp3) is 0.429. The zero-order valence-electron chi connectivity index (χ0n) is 8.01. The monoisotopic (exact) mass is 200 g/mol. The topological polar surface area (TPSA) is 95.0 Å². The minimum Gasteiger partial charge on any atom is -0.475 e. The zero-order valence-corrected chi connectivity index (χ0v) is 8.01. The summed E-state index contributed by atoms with van der Waals surface area (Å²) in [5, 5.41) is 17.4. The molecule has 0 saturated heterocycles. The minimum atomic E-state index is -0.959. The summed E-state index contributed by atoms with van der Waals surface area (Å²) in [4.78, 5) is 25.2. The highest BCUT2D eigenvalue weighted by Crippen LogP contribution is 2.07. The van der Waals surface area contributed by atoms with Crippen LogP contribution in [0.15, 0.2) is 11.6 Å². The molecule has 0 aromatic carbocycles. The molecule has 0 atom stereocenters. The number of carbonyl (C=O) groups is 2. The molecule has 0 heterocycles. The number of hydrogen-bond acceptors (Lipinski definition) is 5. The molecule has 0 aliphatic carbocycles. The third kappa shape index (κ3) is 2.45. The van der Waals surface area contributed by atoms with Crippen LogP contribution >= 0.6 is 0 Å². The van der Waals surface area contributed by atoms with Gasteiger partial charge in [0.1, 0.15) is 0 Å². The first-order chi connectivity index (χ1) is 6.45. The van der Waals surface area contributed by atoms with E-state index in [4.69, 9.17) is 10.5 Å². The van der Waals surface area contributed by atoms with E-state index in [1.54, 1.807) is 0 Å². The van der Waals surface area contributed by atoms with Crippen LogP contribution in [0.5, 0.6) is 0 Å². The van der Waals surface area contributed by atoms with Gasteiger partial charge in [-0.3, -0.25) is 14.5 Å². The summed E-state index contributed by atoms with van der Waals surface area (Å²) in [5.74, 6) is -2.37. The van der Waals surface area contributed by atoms with Crippen molar-refractivity contribution in [3.05, 3.63) is 16.6 Å². The first-order valence-electron chi connectivity index (χ1n) is 3.56. The van der Waals surface area contributed by atoms with Gasteiger partial charge >= 0.3 is 17.5 Å². The summed E-state index contributed by atoms with van der Waals surface area (Å²) in [7, 11) is 2.26. The van der Waals surface area contributed by atoms with E-state index in [9.17, 15) is 9.59 Å². The molecular formula is C7H10N3O4+. The largest absolute Gasteiger partial charge is 0.527 e. The Hall–Kier alpha value is -2.10. The van der Waals surface area contributed by atoms with E-state index in [0.717, 1.165) is 14.0 Å². The molecule has 2 amide bonds. The summed E-state index contributed by atoms with van der Waals surface area (Å²) >= 11 is 0. The predicted molar refractivity (Wildman–Crippen MR) is 45.2 cm³/mol. The summed E-state index contributed by atoms with van der Waals surface area (Å²) in [6.07, 6.45) is 0. The molecule has 14 heavy (non-hydrogen) atoms. The fourth-order valence-corrected chi connectivity index (χ4v) is 0.576. The Morgan fingerprint density at radius 3 is 2.29 bits per heavy atom. The smallest absolute Gasteiger partial charge is 0.475 e. The first kappa shape index (κ1) is 11.9. The Bertz CT molecular complexity index is 328. The van der Waals surface area contributed by atoms with Crippen LogP contribution in [0.1, 0.15) is 6.92 Å². The van der Waals surface area contributed by atoms with E-state index in [2.05, 4.69) is 9.71 Å². The first-order valence-corrected chi connectivity index (χ1v) is 3.56. The van der Waals surface area contributed by atoms with Crippen LogP contribution in [-0.2, 0) is 14.3 Å². The van der Waals surface area contributed by atoms with Crippen LogP contribution in [0, 0.1) is 5.39 Å². The second-order valence-electron chi connectivity index (χ2n) is 2.34. The summed E-state index contributed by atoms with van der Waals surface area (Å²) < 4.78 is 4.28. The van der Waals surface area contributed by atoms with Gasteiger partial charge in [-0.25, -0.2) is 0 Å². The number of amides is 2. The summed E-state index contributed by atoms with van der Waals surface area (Å²) in [5.41, 5.74) is -0.731. The minimum absolute atomic E-state index is 0.556. The van der Waals surface area contributed by atoms with Crippen LogP contribution in [0.3, 0.4) is 0 Å². The molecule has 0 saturated carbocycles. The normalized spacial score (nSPS) is 11.0. The molecule has 0 aliphatic heterocycles. The van der Waals surface area contributed by atoms with Crippen LogP contribution < -0.4 is 0 Å². The number of diazo groups is 1. The average Bonchev–Trinajstić information content (AvgIpc) is 2.16. The van der Waals surface area contributed by atoms with E-state index in [0.29, 0.717) is 4.90 Å². The van der Waals surface area contributed by atoms with Crippen LogP contribution in [0.25, 0.3) is 4.98 Å². The van der Waals surface area contributed by atoms with Gasteiger partial charge in [0.2, 0.25) is 11.3 Å². The van der Waals surface area contributed by atoms with Crippen LogP contribution in [0.4, 0.5) is 0 Å². The second-order valence-corrected chi connectivity index (χ2v) is 2.34. The Morgan fingerprint density at radius 2 is 2.00 bits per heavy atom. The number of likely N-dealkylation sites (N-methyl/N-ethyl adjacent to an activating group) is 1. The lowest BCUT2D eigenvalue weighted by molar-refractivity contribution is -0.139. The van der Waals surface area contributed by atoms with Crippen molar-refractivity contribution in [1.82, 2.24) is 4.90 Å². The lowest BCUT2D eigenvalue weighted by Gasteiger charge is -2.07. The molecule has 0 bridgehead atoms. The molecule has 0 aromatic rings. The van der Waals surface area contributed by atoms with Gasteiger partial charge in [0, 0.05) is 14.0 Å². The maximum absolute atomic E-state index is 11.3. The highest BCUT2D eigenvalue weighted by molar-refractivity contribution is 6.04. The lowest BCUT2D eigenvalue weighted by Crippen LogP contribution is -2.32. The number of aliphatic hydroxyl groups excluding tert-OH is 1. The zero-order chi connectivity index (χ0) is 11.3. The van der Waals surface area contributed by atoms with Crippen molar-refractivity contribution < 1.29 is 19.4 Å². The number of nitrogens with zero attached hydrogens (tertiary/aromatic N) is 3. The molecule has 0 rings (SSSR count). The molecule has 0 fully saturated rings. The maximum Gasteiger partial charge on any atom is 0.527 e. The molecule has 0 radical (unpaired) electrons. The number of methoxy groups -OCH3 is 1. The van der Waals surface area contributed by atoms with Gasteiger partial charge in [0.05, 0.1) is 7.11 Å². The van der Waals surface area contributed by atoms with Gasteiger partial charge in [-0.1, -0.05) is 0 Å². The van der Waals surface area contributed by atoms with E-state index in [1.807, 2.05) is 0 Å². The van der Waals surface area contributed by atoms with Crippen molar-refractivity contribution in [2.75, 3.05) is 14.2 Å². The Labute approximate surface area is 80.2 Å². The van der Waals surface area contributed by atoms with Gasteiger partial charge in [-0.15, -0.1) is 0 Å². The SMILES string of the molecule is CO/C(O)=C(\[N+]#N)C(=O)N(C)C(C)=O. The van der Waals surface area contributed by atoms with Crippen molar-refractivity contribution in [3.63, 3.8) is 0 Å². The van der Waals surface area contributed by atoms with E-state index in [-0.39, 0.29) is 0 Å². The third-order valence-electron chi connectivity index (χ3n) is 1.48. The van der Waals surface area contributed by atoms with E-state index < -0.39 is 23.5 Å². The van der Waals surface area contributed by atoms with E-state index >= 15 is 0 Å². The number of carbonyl (C=O) groups excluding carboxylic acids is 2. The predicted octanol–water partition coefficient (Wildman–Crippen LogP) is 0.218. The number of aliphatic hydroxyl groups is 1. The molecule has 7 nitrogen and oxygen atoms in total. The van der Waals surface area contributed by atoms with E-state index in [1.165, 1.54) is 7.05 Å². The number of rotatable bonds is 2. The standard InChI is InChI=1S/C7H9N3O4/c1-4(11)10(2)6(12)5(9-8)7(13)14-3/h1-3H3/p+1. The fourth-order valence-electron chi connectivity index (χ4n) is 0.576. The average molecular weight is 200 g/mol. The Morgan fingerprint density at radius 1 is 1.50 bits per heavy atom. The maximum atomic E-state index is 11.3. The van der Waals surface area contributed by atoms with Crippen LogP contribution in [0.2, 0.25) is 0 Å². The van der Waals surface area contributed by atoms with Crippen molar-refractivity contribution in [1.29, 1.82) is 5.39 Å². The third-order valence-corrected chi connectivity index (χ3v) is 1.48. The second kappa shape index (κ2) is 4.81. The summed E-state index contributed by atoms with van der Waals surface area (Å²) in [6, 6.07) is 0. The molecule has 76 valence electrons. The van der Waals surface area contributed by atoms with Crippen LogP contribution in [-0.4, -0.2) is 36.0 Å². The van der Waals surface area contributed by atoms with Crippen molar-refractivity contribution in [3.8, 4) is 0 Å². The highest BCUT2D eigenvalue weighted by Gasteiger charge is 2.34. The van der Waals surface area contributed by atoms with Crippen molar-refractivity contribution in [2.45, 2.75) is 6.92 Å². The number of imide groups is 1. The molecule has 0 spiro atoms. The highest BCUT2D eigenvalue weighted by atomic mass is 16.6. The van der Waals surface area contributed by atoms with Gasteiger partial charge < -0.3 is 9.84 Å². The molecule has 1 N–H and O–H groups in total. The quantitative estimate of drug-likeness (QED) is 0.390. The molecule has 0 unspecified atom stereocenters. The Kier molecular flexibility index (Phi) is 4.09. The molecular weight excluding hydrogens is 190 g/mol. The van der Waals surface area contributed by atoms with Gasteiger partial charge in [0.25, 0.3) is 0 Å². The van der Waals surface area contributed by atoms with Crippen molar-refractivity contribution >= 4 is 11.8 Å². The Balaban J connectivity index is 5.03. The van der Waals surface area contributed by atoms with Gasteiger partial charge in [-0.2, -0.15) is 0 Å². The number of hydrogen-bond donors (Lipinski definition) is 1. The van der Waals surface area contributed by atoms with Crippen molar-refractivity contribution in [2.24, 2.45) is 0 Å². The summed E-state index contributed by atoms with van der Waals surface area (Å²) in [6.45, 7) is 1.15. The number of ether oxygens (including phenoxy) is 1. The lowest BCUT2D eigenvalue weighted by atomic mass is 10.4. The molecule has 0 aliphatic rings. The van der Waals surface area contributed by atoms with Gasteiger partial charge in [-0.05, 0) is 0 Å². The molecule has 0 aromatic heterocycles. The molecule has 7 heteroatoms. The van der Waals surface area contributed by atoms with Gasteiger partial charge in [0.15, 0.2) is 4.98 Å².